The molecule has 116 valence electrons. The lowest BCUT2D eigenvalue weighted by molar-refractivity contribution is 0.161. The molecule has 0 aromatic heterocycles. The Morgan fingerprint density at radius 1 is 1.21 bits per heavy atom. The molecule has 2 unspecified atom stereocenters. The highest BCUT2D eigenvalue weighted by Crippen LogP contribution is 2.14. The van der Waals surface area contributed by atoms with E-state index in [-0.39, 0.29) is 12.1 Å². The summed E-state index contributed by atoms with van der Waals surface area (Å²) in [5.74, 6) is 0.796. The minimum Gasteiger partial charge on any atom is -0.394 e. The lowest BCUT2D eigenvalue weighted by Gasteiger charge is -2.29. The Morgan fingerprint density at radius 2 is 1.89 bits per heavy atom. The molecule has 0 aromatic carbocycles. The van der Waals surface area contributed by atoms with Crippen LogP contribution in [0.4, 0.5) is 0 Å². The van der Waals surface area contributed by atoms with Gasteiger partial charge in [0.25, 0.3) is 0 Å². The molecule has 19 heavy (non-hydrogen) atoms. The summed E-state index contributed by atoms with van der Waals surface area (Å²) in [5.41, 5.74) is -0.0947. The van der Waals surface area contributed by atoms with Gasteiger partial charge in [0.05, 0.1) is 6.61 Å². The molecule has 0 rings (SSSR count). The SMILES string of the molecule is CCNC(C)(CO)CCCCN(CC)CC(C)CC. The average Bonchev–Trinajstić information content (AvgIpc) is 2.42. The van der Waals surface area contributed by atoms with E-state index in [1.807, 2.05) is 0 Å². The van der Waals surface area contributed by atoms with Crippen molar-refractivity contribution in [3.8, 4) is 0 Å². The molecule has 0 bridgehead atoms. The zero-order valence-corrected chi connectivity index (χ0v) is 13.8. The van der Waals surface area contributed by atoms with E-state index in [9.17, 15) is 5.11 Å². The van der Waals surface area contributed by atoms with Gasteiger partial charge in [-0.25, -0.2) is 0 Å². The number of hydrogen-bond donors (Lipinski definition) is 2. The predicted molar refractivity (Wildman–Crippen MR) is 84.6 cm³/mol. The number of unbranched alkanes of at least 4 members (excludes halogenated alkanes) is 1. The molecule has 0 saturated carbocycles. The lowest BCUT2D eigenvalue weighted by atomic mass is 9.95. The highest BCUT2D eigenvalue weighted by molar-refractivity contribution is 4.81. The Labute approximate surface area is 120 Å². The Hall–Kier alpha value is -0.120. The standard InChI is InChI=1S/C16H36N2O/c1-6-15(4)13-18(8-3)12-10-9-11-16(5,14-19)17-7-2/h15,17,19H,6-14H2,1-5H3. The molecule has 3 heteroatoms. The Bertz CT molecular complexity index is 211. The van der Waals surface area contributed by atoms with Crippen LogP contribution in [-0.2, 0) is 0 Å². The molecule has 0 spiro atoms. The third-order valence-corrected chi connectivity index (χ3v) is 4.12. The van der Waals surface area contributed by atoms with E-state index in [0.29, 0.717) is 0 Å². The van der Waals surface area contributed by atoms with E-state index in [1.165, 1.54) is 32.4 Å². The smallest absolute Gasteiger partial charge is 0.0610 e. The van der Waals surface area contributed by atoms with Crippen molar-refractivity contribution in [3.05, 3.63) is 0 Å². The Kier molecular flexibility index (Phi) is 10.6. The van der Waals surface area contributed by atoms with Crippen molar-refractivity contribution < 1.29 is 5.11 Å². The minimum atomic E-state index is -0.0947. The van der Waals surface area contributed by atoms with Crippen LogP contribution in [0.25, 0.3) is 0 Å². The van der Waals surface area contributed by atoms with Crippen LogP contribution in [0.15, 0.2) is 0 Å². The van der Waals surface area contributed by atoms with Gasteiger partial charge in [-0.2, -0.15) is 0 Å². The monoisotopic (exact) mass is 272 g/mol. The third-order valence-electron chi connectivity index (χ3n) is 4.12. The Balaban J connectivity index is 3.87. The van der Waals surface area contributed by atoms with Gasteiger partial charge < -0.3 is 15.3 Å². The summed E-state index contributed by atoms with van der Waals surface area (Å²) in [5, 5.41) is 12.8. The zero-order chi connectivity index (χ0) is 14.7. The van der Waals surface area contributed by atoms with Gasteiger partial charge in [0.2, 0.25) is 0 Å². The quantitative estimate of drug-likeness (QED) is 0.536. The van der Waals surface area contributed by atoms with Crippen molar-refractivity contribution in [2.45, 2.75) is 65.8 Å². The van der Waals surface area contributed by atoms with Crippen LogP contribution in [-0.4, -0.2) is 48.3 Å². The van der Waals surface area contributed by atoms with Gasteiger partial charge in [0.1, 0.15) is 0 Å². The number of rotatable bonds is 12. The van der Waals surface area contributed by atoms with Crippen LogP contribution >= 0.6 is 0 Å². The van der Waals surface area contributed by atoms with Crippen LogP contribution in [0, 0.1) is 5.92 Å². The van der Waals surface area contributed by atoms with Gasteiger partial charge in [-0.05, 0) is 45.3 Å². The first-order valence-corrected chi connectivity index (χ1v) is 8.09. The first-order valence-electron chi connectivity index (χ1n) is 8.09. The Morgan fingerprint density at radius 3 is 2.37 bits per heavy atom. The molecule has 0 aromatic rings. The maximum absolute atomic E-state index is 9.45. The zero-order valence-electron chi connectivity index (χ0n) is 13.8. The molecular formula is C16H36N2O. The number of nitrogens with one attached hydrogen (secondary N) is 1. The van der Waals surface area contributed by atoms with E-state index < -0.39 is 0 Å². The van der Waals surface area contributed by atoms with Gasteiger partial charge >= 0.3 is 0 Å². The number of aliphatic hydroxyl groups excluding tert-OH is 1. The molecule has 3 nitrogen and oxygen atoms in total. The van der Waals surface area contributed by atoms with Gasteiger partial charge in [0.15, 0.2) is 0 Å². The second-order valence-corrected chi connectivity index (χ2v) is 6.11. The molecule has 0 aliphatic carbocycles. The normalized spacial score (nSPS) is 16.6. The summed E-state index contributed by atoms with van der Waals surface area (Å²) in [6.45, 7) is 15.8. The number of likely N-dealkylation sites (N-methyl/N-ethyl adjacent to an activating group) is 1. The summed E-state index contributed by atoms with van der Waals surface area (Å²) in [6, 6.07) is 0. The maximum Gasteiger partial charge on any atom is 0.0610 e. The van der Waals surface area contributed by atoms with Crippen LogP contribution in [0.2, 0.25) is 0 Å². The molecule has 0 aliphatic rings. The van der Waals surface area contributed by atoms with Crippen LogP contribution in [0.3, 0.4) is 0 Å². The summed E-state index contributed by atoms with van der Waals surface area (Å²) in [7, 11) is 0. The average molecular weight is 272 g/mol. The fraction of sp³-hybridized carbons (Fsp3) is 1.00. The fourth-order valence-electron chi connectivity index (χ4n) is 2.45. The van der Waals surface area contributed by atoms with Crippen molar-refractivity contribution in [1.29, 1.82) is 0 Å². The molecule has 0 saturated heterocycles. The van der Waals surface area contributed by atoms with E-state index in [1.54, 1.807) is 0 Å². The largest absolute Gasteiger partial charge is 0.394 e. The van der Waals surface area contributed by atoms with Crippen molar-refractivity contribution in [2.75, 3.05) is 32.8 Å². The molecular weight excluding hydrogens is 236 g/mol. The second kappa shape index (κ2) is 10.6. The fourth-order valence-corrected chi connectivity index (χ4v) is 2.45. The first-order chi connectivity index (χ1) is 9.01. The molecule has 0 heterocycles. The molecule has 0 radical (unpaired) electrons. The summed E-state index contributed by atoms with van der Waals surface area (Å²) in [6.07, 6.45) is 4.73. The predicted octanol–water partition coefficient (Wildman–Crippen LogP) is 2.89. The van der Waals surface area contributed by atoms with Gasteiger partial charge in [-0.1, -0.05) is 40.5 Å². The highest BCUT2D eigenvalue weighted by atomic mass is 16.3. The van der Waals surface area contributed by atoms with Crippen molar-refractivity contribution >= 4 is 0 Å². The van der Waals surface area contributed by atoms with Crippen molar-refractivity contribution in [3.63, 3.8) is 0 Å². The van der Waals surface area contributed by atoms with Crippen LogP contribution in [0.5, 0.6) is 0 Å². The van der Waals surface area contributed by atoms with Crippen molar-refractivity contribution in [2.24, 2.45) is 5.92 Å². The molecule has 2 atom stereocenters. The third kappa shape index (κ3) is 8.61. The van der Waals surface area contributed by atoms with E-state index in [4.69, 9.17) is 0 Å². The van der Waals surface area contributed by atoms with Gasteiger partial charge in [-0.15, -0.1) is 0 Å². The van der Waals surface area contributed by atoms with Gasteiger partial charge in [0, 0.05) is 12.1 Å². The maximum atomic E-state index is 9.45. The minimum absolute atomic E-state index is 0.0947. The molecule has 0 amide bonds. The number of hydrogen-bond acceptors (Lipinski definition) is 3. The lowest BCUT2D eigenvalue weighted by Crippen LogP contribution is -2.45. The van der Waals surface area contributed by atoms with Crippen LogP contribution in [0.1, 0.15) is 60.3 Å². The van der Waals surface area contributed by atoms with Crippen molar-refractivity contribution in [1.82, 2.24) is 10.2 Å². The molecule has 0 aliphatic heterocycles. The first kappa shape index (κ1) is 18.9. The van der Waals surface area contributed by atoms with E-state index in [0.717, 1.165) is 25.4 Å². The topological polar surface area (TPSA) is 35.5 Å². The second-order valence-electron chi connectivity index (χ2n) is 6.11. The van der Waals surface area contributed by atoms with Gasteiger partial charge in [-0.3, -0.25) is 0 Å². The number of aliphatic hydroxyl groups is 1. The van der Waals surface area contributed by atoms with E-state index >= 15 is 0 Å². The number of nitrogens with zero attached hydrogens (tertiary/aromatic N) is 1. The summed E-state index contributed by atoms with van der Waals surface area (Å²) in [4.78, 5) is 2.55. The molecule has 2 N–H and O–H groups in total. The summed E-state index contributed by atoms with van der Waals surface area (Å²) < 4.78 is 0. The van der Waals surface area contributed by atoms with Crippen LogP contribution < -0.4 is 5.32 Å². The molecule has 0 fully saturated rings. The highest BCUT2D eigenvalue weighted by Gasteiger charge is 2.20. The summed E-state index contributed by atoms with van der Waals surface area (Å²) >= 11 is 0. The van der Waals surface area contributed by atoms with E-state index in [2.05, 4.69) is 44.8 Å².